The lowest BCUT2D eigenvalue weighted by Crippen LogP contribution is -1.87. The third-order valence-corrected chi connectivity index (χ3v) is 2.41. The van der Waals surface area contributed by atoms with Crippen molar-refractivity contribution in [3.63, 3.8) is 0 Å². The molecular weight excluding hydrogens is 263 g/mol. The van der Waals surface area contributed by atoms with Gasteiger partial charge in [0.1, 0.15) is 5.15 Å². The quantitative estimate of drug-likeness (QED) is 0.740. The van der Waals surface area contributed by atoms with E-state index in [1.807, 2.05) is 24.3 Å². The van der Waals surface area contributed by atoms with Gasteiger partial charge in [0.15, 0.2) is 5.82 Å². The van der Waals surface area contributed by atoms with E-state index in [-0.39, 0.29) is 0 Å². The molecule has 0 bridgehead atoms. The molecule has 2 nitrogen and oxygen atoms in total. The lowest BCUT2D eigenvalue weighted by atomic mass is 10.2. The van der Waals surface area contributed by atoms with Crippen LogP contribution in [0.3, 0.4) is 0 Å². The first-order valence-corrected chi connectivity index (χ1v) is 5.17. The van der Waals surface area contributed by atoms with Gasteiger partial charge in [0, 0.05) is 16.2 Å². The van der Waals surface area contributed by atoms with Crippen LogP contribution in [-0.4, -0.2) is 9.97 Å². The first-order valence-electron chi connectivity index (χ1n) is 4.00. The molecule has 1 aromatic carbocycles. The molecule has 0 saturated carbocycles. The van der Waals surface area contributed by atoms with Gasteiger partial charge in [-0.2, -0.15) is 0 Å². The topological polar surface area (TPSA) is 25.8 Å². The first kappa shape index (κ1) is 9.62. The van der Waals surface area contributed by atoms with Crippen LogP contribution >= 0.6 is 27.5 Å². The van der Waals surface area contributed by atoms with Crippen LogP contribution in [0.1, 0.15) is 0 Å². The Morgan fingerprint density at radius 1 is 1.21 bits per heavy atom. The van der Waals surface area contributed by atoms with Crippen LogP contribution < -0.4 is 0 Å². The summed E-state index contributed by atoms with van der Waals surface area (Å²) in [5, 5.41) is 0.454. The smallest absolute Gasteiger partial charge is 0.160 e. The van der Waals surface area contributed by atoms with E-state index in [1.54, 1.807) is 12.3 Å². The Balaban J connectivity index is 2.49. The van der Waals surface area contributed by atoms with Crippen molar-refractivity contribution in [1.82, 2.24) is 9.97 Å². The molecule has 0 spiro atoms. The molecule has 1 aromatic heterocycles. The molecule has 0 unspecified atom stereocenters. The van der Waals surface area contributed by atoms with Crippen LogP contribution in [0.5, 0.6) is 0 Å². The van der Waals surface area contributed by atoms with Crippen molar-refractivity contribution < 1.29 is 0 Å². The maximum Gasteiger partial charge on any atom is 0.160 e. The maximum atomic E-state index is 5.77. The van der Waals surface area contributed by atoms with Crippen LogP contribution in [0.25, 0.3) is 11.4 Å². The Morgan fingerprint density at radius 2 is 2.07 bits per heavy atom. The molecule has 2 rings (SSSR count). The van der Waals surface area contributed by atoms with Gasteiger partial charge < -0.3 is 0 Å². The molecule has 0 aliphatic heterocycles. The molecule has 0 aliphatic rings. The van der Waals surface area contributed by atoms with E-state index in [9.17, 15) is 0 Å². The van der Waals surface area contributed by atoms with E-state index in [0.717, 1.165) is 10.0 Å². The lowest BCUT2D eigenvalue weighted by molar-refractivity contribution is 1.18. The summed E-state index contributed by atoms with van der Waals surface area (Å²) in [6.07, 6.45) is 1.64. The molecule has 14 heavy (non-hydrogen) atoms. The van der Waals surface area contributed by atoms with E-state index in [0.29, 0.717) is 11.0 Å². The summed E-state index contributed by atoms with van der Waals surface area (Å²) in [4.78, 5) is 8.25. The fraction of sp³-hybridized carbons (Fsp3) is 0. The SMILES string of the molecule is Clc1ccnc(-c2cccc(Br)c2)n1. The highest BCUT2D eigenvalue weighted by Gasteiger charge is 2.01. The van der Waals surface area contributed by atoms with Gasteiger partial charge >= 0.3 is 0 Å². The molecule has 0 atom stereocenters. The maximum absolute atomic E-state index is 5.77. The Hall–Kier alpha value is -0.930. The highest BCUT2D eigenvalue weighted by atomic mass is 79.9. The second kappa shape index (κ2) is 4.07. The highest BCUT2D eigenvalue weighted by molar-refractivity contribution is 9.10. The van der Waals surface area contributed by atoms with Crippen molar-refractivity contribution >= 4 is 27.5 Å². The average molecular weight is 270 g/mol. The number of rotatable bonds is 1. The largest absolute Gasteiger partial charge is 0.236 e. The Morgan fingerprint density at radius 3 is 2.79 bits per heavy atom. The van der Waals surface area contributed by atoms with Crippen LogP contribution in [-0.2, 0) is 0 Å². The summed E-state index contributed by atoms with van der Waals surface area (Å²) in [6.45, 7) is 0. The van der Waals surface area contributed by atoms with Crippen LogP contribution in [0.4, 0.5) is 0 Å². The molecule has 2 aromatic rings. The molecule has 0 amide bonds. The summed E-state index contributed by atoms with van der Waals surface area (Å²) < 4.78 is 0.999. The molecule has 0 aliphatic carbocycles. The van der Waals surface area contributed by atoms with Crippen molar-refractivity contribution in [2.75, 3.05) is 0 Å². The van der Waals surface area contributed by atoms with Gasteiger partial charge in [0.25, 0.3) is 0 Å². The molecule has 0 saturated heterocycles. The molecular formula is C10H6BrClN2. The fourth-order valence-electron chi connectivity index (χ4n) is 1.10. The first-order chi connectivity index (χ1) is 6.75. The highest BCUT2D eigenvalue weighted by Crippen LogP contribution is 2.20. The second-order valence-corrected chi connectivity index (χ2v) is 4.02. The zero-order valence-electron chi connectivity index (χ0n) is 7.11. The molecule has 0 fully saturated rings. The monoisotopic (exact) mass is 268 g/mol. The van der Waals surface area contributed by atoms with E-state index < -0.39 is 0 Å². The predicted molar refractivity (Wildman–Crippen MR) is 60.2 cm³/mol. The normalized spacial score (nSPS) is 10.1. The average Bonchev–Trinajstić information content (AvgIpc) is 2.18. The molecule has 1 heterocycles. The minimum absolute atomic E-state index is 0.454. The zero-order valence-corrected chi connectivity index (χ0v) is 9.46. The van der Waals surface area contributed by atoms with E-state index in [1.165, 1.54) is 0 Å². The van der Waals surface area contributed by atoms with Crippen molar-refractivity contribution in [2.24, 2.45) is 0 Å². The van der Waals surface area contributed by atoms with E-state index in [2.05, 4.69) is 25.9 Å². The minimum atomic E-state index is 0.454. The van der Waals surface area contributed by atoms with Gasteiger partial charge in [-0.15, -0.1) is 0 Å². The predicted octanol–water partition coefficient (Wildman–Crippen LogP) is 3.56. The Labute approximate surface area is 95.1 Å². The summed E-state index contributed by atoms with van der Waals surface area (Å²) in [6, 6.07) is 9.43. The van der Waals surface area contributed by atoms with Crippen molar-refractivity contribution in [3.8, 4) is 11.4 Å². The summed E-state index contributed by atoms with van der Waals surface area (Å²) in [7, 11) is 0. The van der Waals surface area contributed by atoms with Gasteiger partial charge in [-0.1, -0.05) is 39.7 Å². The number of nitrogens with zero attached hydrogens (tertiary/aromatic N) is 2. The summed E-state index contributed by atoms with van der Waals surface area (Å²) in [5.41, 5.74) is 0.946. The Kier molecular flexibility index (Phi) is 2.79. The molecule has 70 valence electrons. The van der Waals surface area contributed by atoms with Crippen LogP contribution in [0, 0.1) is 0 Å². The summed E-state index contributed by atoms with van der Waals surface area (Å²) >= 11 is 9.16. The van der Waals surface area contributed by atoms with Crippen molar-refractivity contribution in [1.29, 1.82) is 0 Å². The van der Waals surface area contributed by atoms with Gasteiger partial charge in [0.05, 0.1) is 0 Å². The third kappa shape index (κ3) is 2.11. The van der Waals surface area contributed by atoms with Crippen molar-refractivity contribution in [3.05, 3.63) is 46.2 Å². The Bertz CT molecular complexity index is 416. The molecule has 4 heteroatoms. The van der Waals surface area contributed by atoms with Crippen LogP contribution in [0.15, 0.2) is 41.0 Å². The summed E-state index contributed by atoms with van der Waals surface area (Å²) in [5.74, 6) is 0.638. The third-order valence-electron chi connectivity index (χ3n) is 1.70. The lowest BCUT2D eigenvalue weighted by Gasteiger charge is -1.99. The second-order valence-electron chi connectivity index (χ2n) is 2.71. The van der Waals surface area contributed by atoms with Gasteiger partial charge in [0.2, 0.25) is 0 Å². The molecule has 0 N–H and O–H groups in total. The van der Waals surface area contributed by atoms with Gasteiger partial charge in [-0.3, -0.25) is 0 Å². The van der Waals surface area contributed by atoms with E-state index in [4.69, 9.17) is 11.6 Å². The van der Waals surface area contributed by atoms with Crippen molar-refractivity contribution in [2.45, 2.75) is 0 Å². The number of aromatic nitrogens is 2. The van der Waals surface area contributed by atoms with E-state index >= 15 is 0 Å². The number of hydrogen-bond donors (Lipinski definition) is 0. The number of benzene rings is 1. The number of hydrogen-bond acceptors (Lipinski definition) is 2. The zero-order chi connectivity index (χ0) is 9.97. The fourth-order valence-corrected chi connectivity index (χ4v) is 1.64. The number of halogens is 2. The van der Waals surface area contributed by atoms with Crippen LogP contribution in [0.2, 0.25) is 5.15 Å². The molecule has 0 radical (unpaired) electrons. The van der Waals surface area contributed by atoms with Gasteiger partial charge in [-0.25, -0.2) is 9.97 Å². The standard InChI is InChI=1S/C10H6BrClN2/c11-8-3-1-2-7(6-8)10-13-5-4-9(12)14-10/h1-6H. The van der Waals surface area contributed by atoms with Gasteiger partial charge in [-0.05, 0) is 18.2 Å². The minimum Gasteiger partial charge on any atom is -0.236 e.